The van der Waals surface area contributed by atoms with E-state index in [9.17, 15) is 4.79 Å². The van der Waals surface area contributed by atoms with Crippen LogP contribution in [0.2, 0.25) is 0 Å². The zero-order valence-electron chi connectivity index (χ0n) is 10.8. The number of hydrogen-bond acceptors (Lipinski definition) is 2. The van der Waals surface area contributed by atoms with Crippen molar-refractivity contribution in [1.82, 2.24) is 5.32 Å². The summed E-state index contributed by atoms with van der Waals surface area (Å²) in [7, 11) is 0. The van der Waals surface area contributed by atoms with Crippen molar-refractivity contribution in [2.45, 2.75) is 38.6 Å². The van der Waals surface area contributed by atoms with Gasteiger partial charge < -0.3 is 11.1 Å². The molecule has 1 aromatic carbocycles. The molecule has 2 aliphatic carbocycles. The summed E-state index contributed by atoms with van der Waals surface area (Å²) in [4.78, 5) is 12.3. The Morgan fingerprint density at radius 3 is 2.83 bits per heavy atom. The van der Waals surface area contributed by atoms with Crippen molar-refractivity contribution >= 4 is 11.6 Å². The highest BCUT2D eigenvalue weighted by Crippen LogP contribution is 2.44. The molecule has 0 spiro atoms. The van der Waals surface area contributed by atoms with Crippen LogP contribution in [-0.4, -0.2) is 11.9 Å². The van der Waals surface area contributed by atoms with Crippen LogP contribution >= 0.6 is 0 Å². The van der Waals surface area contributed by atoms with Crippen LogP contribution < -0.4 is 11.1 Å². The predicted octanol–water partition coefficient (Wildman–Crippen LogP) is 2.50. The van der Waals surface area contributed by atoms with Gasteiger partial charge in [-0.1, -0.05) is 12.5 Å². The minimum absolute atomic E-state index is 0.0392. The molecule has 3 unspecified atom stereocenters. The lowest BCUT2D eigenvalue weighted by molar-refractivity contribution is 0.0922. The maximum absolute atomic E-state index is 12.3. The van der Waals surface area contributed by atoms with Gasteiger partial charge >= 0.3 is 0 Å². The highest BCUT2D eigenvalue weighted by atomic mass is 16.1. The van der Waals surface area contributed by atoms with E-state index in [-0.39, 0.29) is 5.91 Å². The molecule has 3 N–H and O–H groups in total. The molecule has 0 heterocycles. The largest absolute Gasteiger partial charge is 0.398 e. The molecule has 3 heteroatoms. The Kier molecular flexibility index (Phi) is 2.77. The number of hydrogen-bond donors (Lipinski definition) is 2. The Morgan fingerprint density at radius 2 is 2.17 bits per heavy atom. The van der Waals surface area contributed by atoms with Gasteiger partial charge in [-0.05, 0) is 55.7 Å². The SMILES string of the molecule is Cc1c(N)cccc1C(=O)NC1CC2CCC1C2. The van der Waals surface area contributed by atoms with Gasteiger partial charge in [0.25, 0.3) is 5.91 Å². The zero-order chi connectivity index (χ0) is 12.7. The number of rotatable bonds is 2. The van der Waals surface area contributed by atoms with Gasteiger partial charge in [0.05, 0.1) is 0 Å². The van der Waals surface area contributed by atoms with Crippen molar-refractivity contribution in [3.63, 3.8) is 0 Å². The van der Waals surface area contributed by atoms with Crippen LogP contribution in [0.1, 0.15) is 41.6 Å². The first-order chi connectivity index (χ1) is 8.65. The summed E-state index contributed by atoms with van der Waals surface area (Å²) in [5.41, 5.74) is 8.14. The first kappa shape index (κ1) is 11.6. The molecule has 3 nitrogen and oxygen atoms in total. The third-order valence-electron chi connectivity index (χ3n) is 4.67. The van der Waals surface area contributed by atoms with Gasteiger partial charge in [0.2, 0.25) is 0 Å². The maximum Gasteiger partial charge on any atom is 0.251 e. The molecule has 0 aromatic heterocycles. The Balaban J connectivity index is 1.73. The van der Waals surface area contributed by atoms with Gasteiger partial charge in [-0.15, -0.1) is 0 Å². The van der Waals surface area contributed by atoms with Crippen LogP contribution in [0.25, 0.3) is 0 Å². The number of amides is 1. The van der Waals surface area contributed by atoms with Gasteiger partial charge in [-0.3, -0.25) is 4.79 Å². The highest BCUT2D eigenvalue weighted by Gasteiger charge is 2.40. The van der Waals surface area contributed by atoms with E-state index in [1.54, 1.807) is 0 Å². The Morgan fingerprint density at radius 1 is 1.33 bits per heavy atom. The predicted molar refractivity (Wildman–Crippen MR) is 72.3 cm³/mol. The summed E-state index contributed by atoms with van der Waals surface area (Å²) in [6.07, 6.45) is 5.11. The summed E-state index contributed by atoms with van der Waals surface area (Å²) in [5.74, 6) is 1.60. The smallest absolute Gasteiger partial charge is 0.251 e. The first-order valence-electron chi connectivity index (χ1n) is 6.81. The van der Waals surface area contributed by atoms with E-state index in [0.717, 1.165) is 23.5 Å². The van der Waals surface area contributed by atoms with Gasteiger partial charge in [-0.25, -0.2) is 0 Å². The van der Waals surface area contributed by atoms with E-state index in [2.05, 4.69) is 5.32 Å². The molecule has 2 bridgehead atoms. The number of carbonyl (C=O) groups excluding carboxylic acids is 1. The van der Waals surface area contributed by atoms with Gasteiger partial charge in [0.15, 0.2) is 0 Å². The third kappa shape index (κ3) is 1.88. The molecule has 2 aliphatic rings. The van der Waals surface area contributed by atoms with Gasteiger partial charge in [0, 0.05) is 17.3 Å². The highest BCUT2D eigenvalue weighted by molar-refractivity contribution is 5.97. The van der Waals surface area contributed by atoms with E-state index in [1.807, 2.05) is 25.1 Å². The molecule has 3 rings (SSSR count). The lowest BCUT2D eigenvalue weighted by Crippen LogP contribution is -2.38. The van der Waals surface area contributed by atoms with E-state index >= 15 is 0 Å². The van der Waals surface area contributed by atoms with Crippen molar-refractivity contribution in [3.05, 3.63) is 29.3 Å². The Hall–Kier alpha value is -1.51. The average Bonchev–Trinajstić information content (AvgIpc) is 2.94. The zero-order valence-corrected chi connectivity index (χ0v) is 10.8. The van der Waals surface area contributed by atoms with Crippen molar-refractivity contribution < 1.29 is 4.79 Å². The molecule has 0 radical (unpaired) electrons. The topological polar surface area (TPSA) is 55.1 Å². The van der Waals surface area contributed by atoms with Gasteiger partial charge in [0.1, 0.15) is 0 Å². The minimum atomic E-state index is 0.0392. The Labute approximate surface area is 108 Å². The lowest BCUT2D eigenvalue weighted by Gasteiger charge is -2.23. The van der Waals surface area contributed by atoms with Crippen LogP contribution in [-0.2, 0) is 0 Å². The van der Waals surface area contributed by atoms with Crippen molar-refractivity contribution in [3.8, 4) is 0 Å². The second-order valence-electron chi connectivity index (χ2n) is 5.77. The van der Waals surface area contributed by atoms with Crippen LogP contribution in [0.5, 0.6) is 0 Å². The van der Waals surface area contributed by atoms with Crippen LogP contribution in [0.15, 0.2) is 18.2 Å². The summed E-state index contributed by atoms with van der Waals surface area (Å²) >= 11 is 0. The monoisotopic (exact) mass is 244 g/mol. The number of nitrogens with one attached hydrogen (secondary N) is 1. The molecule has 1 aromatic rings. The van der Waals surface area contributed by atoms with Crippen LogP contribution in [0.4, 0.5) is 5.69 Å². The van der Waals surface area contributed by atoms with Crippen molar-refractivity contribution in [1.29, 1.82) is 0 Å². The Bertz CT molecular complexity index is 483. The molecular weight excluding hydrogens is 224 g/mol. The lowest BCUT2D eigenvalue weighted by atomic mass is 9.95. The van der Waals surface area contributed by atoms with E-state index in [4.69, 9.17) is 5.73 Å². The fourth-order valence-electron chi connectivity index (χ4n) is 3.57. The summed E-state index contributed by atoms with van der Waals surface area (Å²) in [5, 5.41) is 3.20. The van der Waals surface area contributed by atoms with Crippen molar-refractivity contribution in [2.24, 2.45) is 11.8 Å². The normalized spacial score (nSPS) is 29.5. The molecule has 18 heavy (non-hydrogen) atoms. The molecule has 2 saturated carbocycles. The third-order valence-corrected chi connectivity index (χ3v) is 4.67. The molecule has 96 valence electrons. The summed E-state index contributed by atoms with van der Waals surface area (Å²) in [6, 6.07) is 5.92. The fourth-order valence-corrected chi connectivity index (χ4v) is 3.57. The molecular formula is C15H20N2O. The van der Waals surface area contributed by atoms with Crippen LogP contribution in [0, 0.1) is 18.8 Å². The number of carbonyl (C=O) groups is 1. The fraction of sp³-hybridized carbons (Fsp3) is 0.533. The number of benzene rings is 1. The number of anilines is 1. The number of nitrogens with two attached hydrogens (primary N) is 1. The standard InChI is InChI=1S/C15H20N2O/c1-9-12(3-2-4-13(9)16)15(18)17-14-8-10-5-6-11(14)7-10/h2-4,10-11,14H,5-8,16H2,1H3,(H,17,18). The van der Waals surface area contributed by atoms with E-state index < -0.39 is 0 Å². The van der Waals surface area contributed by atoms with Crippen molar-refractivity contribution in [2.75, 3.05) is 5.73 Å². The van der Waals surface area contributed by atoms with E-state index in [0.29, 0.717) is 17.6 Å². The van der Waals surface area contributed by atoms with E-state index in [1.165, 1.54) is 19.3 Å². The van der Waals surface area contributed by atoms with Crippen LogP contribution in [0.3, 0.4) is 0 Å². The molecule has 2 fully saturated rings. The molecule has 1 amide bonds. The molecule has 0 saturated heterocycles. The second-order valence-corrected chi connectivity index (χ2v) is 5.77. The summed E-state index contributed by atoms with van der Waals surface area (Å²) < 4.78 is 0. The van der Waals surface area contributed by atoms with Gasteiger partial charge in [-0.2, -0.15) is 0 Å². The second kappa shape index (κ2) is 4.30. The minimum Gasteiger partial charge on any atom is -0.398 e. The summed E-state index contributed by atoms with van der Waals surface area (Å²) in [6.45, 7) is 1.91. The number of nitrogen functional groups attached to an aromatic ring is 1. The quantitative estimate of drug-likeness (QED) is 0.785. The molecule has 3 atom stereocenters. The number of fused-ring (bicyclic) bond motifs is 2. The molecule has 0 aliphatic heterocycles. The first-order valence-corrected chi connectivity index (χ1v) is 6.81. The maximum atomic E-state index is 12.3. The average molecular weight is 244 g/mol.